The Morgan fingerprint density at radius 2 is 1.62 bits per heavy atom. The van der Waals surface area contributed by atoms with Crippen molar-refractivity contribution in [3.63, 3.8) is 0 Å². The van der Waals surface area contributed by atoms with Crippen molar-refractivity contribution in [3.8, 4) is 6.07 Å². The van der Waals surface area contributed by atoms with Gasteiger partial charge >= 0.3 is 7.60 Å². The van der Waals surface area contributed by atoms with Gasteiger partial charge in [0.1, 0.15) is 12.1 Å². The number of benzene rings is 2. The number of thiol groups is 2. The molecule has 60 heavy (non-hydrogen) atoms. The van der Waals surface area contributed by atoms with Gasteiger partial charge in [-0.05, 0) is 86.1 Å². The highest BCUT2D eigenvalue weighted by atomic mass is 32.1. The highest BCUT2D eigenvalue weighted by Gasteiger charge is 2.47. The summed E-state index contributed by atoms with van der Waals surface area (Å²) < 4.78 is 26.7. The fourth-order valence-electron chi connectivity index (χ4n) is 8.47. The Balaban J connectivity index is 1.12. The topological polar surface area (TPSA) is 169 Å². The summed E-state index contributed by atoms with van der Waals surface area (Å²) in [5, 5.41) is 34.6. The maximum atomic E-state index is 14.4. The molecule has 3 N–H and O–H groups in total. The first-order valence-corrected chi connectivity index (χ1v) is 25.9. The molecule has 3 aliphatic rings. The number of likely N-dealkylation sites (tertiary alicyclic amines) is 1. The van der Waals surface area contributed by atoms with Gasteiger partial charge in [0.15, 0.2) is 0 Å². The van der Waals surface area contributed by atoms with E-state index in [1.807, 2.05) is 62.4 Å². The average Bonchev–Trinajstić information content (AvgIpc) is 3.99. The number of aliphatic hydroxyl groups is 2. The Kier molecular flexibility index (Phi) is 17.2. The first-order valence-electron chi connectivity index (χ1n) is 21.2. The van der Waals surface area contributed by atoms with Crippen molar-refractivity contribution in [2.24, 2.45) is 5.92 Å². The van der Waals surface area contributed by atoms with Crippen LogP contribution in [0.3, 0.4) is 0 Å². The molecule has 3 aromatic rings. The van der Waals surface area contributed by atoms with E-state index in [0.29, 0.717) is 70.8 Å². The van der Waals surface area contributed by atoms with Crippen LogP contribution in [0.5, 0.6) is 0 Å². The summed E-state index contributed by atoms with van der Waals surface area (Å²) in [6, 6.07) is 18.1. The van der Waals surface area contributed by atoms with E-state index in [1.54, 1.807) is 15.9 Å². The third kappa shape index (κ3) is 12.0. The lowest BCUT2D eigenvalue weighted by molar-refractivity contribution is -0.146. The van der Waals surface area contributed by atoms with Crippen molar-refractivity contribution in [3.05, 3.63) is 70.6 Å². The average molecular weight is 899 g/mol. The SMILES string of the molecule is CCCC(O)=[SH]CCOP(=O)(Cc1ccc2sc(C(=O)N[C@H]3CCCC[C@H]4CC[C@@H](C(=O)N5C[C@@H](C#N)[C@H](c6ccccc6)C5)N4C3=O)cc2c1)OCC[SH]=C(O)CCC. The van der Waals surface area contributed by atoms with Crippen LogP contribution in [0.15, 0.2) is 54.6 Å². The molecule has 0 saturated carbocycles. The molecule has 0 spiro atoms. The zero-order valence-electron chi connectivity index (χ0n) is 34.5. The minimum Gasteiger partial charge on any atom is -0.360 e. The molecule has 3 saturated heterocycles. The van der Waals surface area contributed by atoms with Crippen LogP contribution in [0.2, 0.25) is 0 Å². The third-order valence-electron chi connectivity index (χ3n) is 11.4. The lowest BCUT2D eigenvalue weighted by Crippen LogP contribution is -2.56. The highest BCUT2D eigenvalue weighted by molar-refractivity contribution is 7.98. The molecule has 4 heterocycles. The number of thiophene rings is 1. The lowest BCUT2D eigenvalue weighted by Gasteiger charge is -2.36. The molecule has 3 fully saturated rings. The standard InChI is InChI=1S/C44H59N4O8PS3/c1-3-10-40(49)58-22-20-55-57(54,56-21-23-59-41(50)11-4-2)29-30-16-19-38-32(24-30)25-39(60-38)42(51)46-36-15-9-8-14-34-17-18-37(48(34)43(36)52)44(53)47-27-33(26-45)35(28-47)31-12-6-5-7-13-31/h5-7,12-13,16,19,24-25,33-37,49-50,58-59H,3-4,8-11,14-15,17-18,20-23,27-29H2,1-2H3,(H,46,51)/t33-,34+,35+,36+,37+/m1/s1. The summed E-state index contributed by atoms with van der Waals surface area (Å²) >= 11 is 2.76. The molecule has 6 rings (SSSR count). The van der Waals surface area contributed by atoms with Gasteiger partial charge in [-0.2, -0.15) is 28.0 Å². The van der Waals surface area contributed by atoms with Crippen molar-refractivity contribution < 1.29 is 38.2 Å². The Bertz CT molecular complexity index is 2090. The Labute approximate surface area is 365 Å². The summed E-state index contributed by atoms with van der Waals surface area (Å²) in [6.07, 6.45) is 7.12. The molecule has 1 aromatic heterocycles. The Morgan fingerprint density at radius 3 is 2.28 bits per heavy atom. The number of nitrogens with zero attached hydrogens (tertiary/aromatic N) is 3. The number of nitrogens with one attached hydrogen (secondary N) is 1. The quantitative estimate of drug-likeness (QED) is 0.0365. The third-order valence-corrected chi connectivity index (χ3v) is 16.4. The summed E-state index contributed by atoms with van der Waals surface area (Å²) in [6.45, 7) is 5.03. The summed E-state index contributed by atoms with van der Waals surface area (Å²) in [5.41, 5.74) is 1.75. The largest absolute Gasteiger partial charge is 0.360 e. The van der Waals surface area contributed by atoms with Crippen molar-refractivity contribution in [1.29, 1.82) is 5.26 Å². The monoisotopic (exact) mass is 898 g/mol. The van der Waals surface area contributed by atoms with Crippen molar-refractivity contribution >= 4 is 79.5 Å². The highest BCUT2D eigenvalue weighted by Crippen LogP contribution is 2.52. The fourth-order valence-corrected chi connectivity index (χ4v) is 13.0. The second-order valence-corrected chi connectivity index (χ2v) is 21.5. The van der Waals surface area contributed by atoms with Gasteiger partial charge in [0, 0.05) is 41.3 Å². The van der Waals surface area contributed by atoms with Crippen molar-refractivity contribution in [2.45, 2.75) is 108 Å². The van der Waals surface area contributed by atoms with E-state index in [-0.39, 0.29) is 55.0 Å². The van der Waals surface area contributed by atoms with Gasteiger partial charge in [0.2, 0.25) is 11.8 Å². The molecule has 12 nitrogen and oxygen atoms in total. The Morgan fingerprint density at radius 1 is 0.933 bits per heavy atom. The van der Waals surface area contributed by atoms with E-state index in [0.717, 1.165) is 76.9 Å². The molecular formula is C44H59N4O8PS3. The van der Waals surface area contributed by atoms with E-state index in [4.69, 9.17) is 9.05 Å². The molecule has 0 unspecified atom stereocenters. The lowest BCUT2D eigenvalue weighted by atomic mass is 9.90. The number of aliphatic hydroxyl groups excluding tert-OH is 2. The number of hydrogen-bond acceptors (Lipinski definition) is 8. The first-order chi connectivity index (χ1) is 29.0. The van der Waals surface area contributed by atoms with Gasteiger partial charge in [-0.1, -0.05) is 63.1 Å². The normalized spacial score (nSPS) is 23.8. The van der Waals surface area contributed by atoms with Gasteiger partial charge in [0.05, 0.1) is 46.3 Å². The first kappa shape index (κ1) is 46.3. The Hall–Kier alpha value is -3.19. The zero-order chi connectivity index (χ0) is 42.6. The maximum absolute atomic E-state index is 14.4. The molecule has 326 valence electrons. The van der Waals surface area contributed by atoms with E-state index in [9.17, 15) is 34.4 Å². The predicted molar refractivity (Wildman–Crippen MR) is 246 cm³/mol. The number of rotatable bonds is 18. The minimum atomic E-state index is -3.62. The molecule has 0 radical (unpaired) electrons. The van der Waals surface area contributed by atoms with Gasteiger partial charge < -0.3 is 34.4 Å². The molecule has 0 aliphatic carbocycles. The van der Waals surface area contributed by atoms with Crippen LogP contribution in [0, 0.1) is 17.2 Å². The van der Waals surface area contributed by atoms with E-state index in [1.165, 1.54) is 11.3 Å². The number of hydrogen-bond donors (Lipinski definition) is 5. The van der Waals surface area contributed by atoms with Crippen LogP contribution in [-0.2, 0) is 29.4 Å². The number of amides is 3. The van der Waals surface area contributed by atoms with Gasteiger partial charge in [-0.15, -0.1) is 11.3 Å². The van der Waals surface area contributed by atoms with Crippen LogP contribution in [-0.4, -0.2) is 104 Å². The molecule has 0 bridgehead atoms. The van der Waals surface area contributed by atoms with Crippen LogP contribution < -0.4 is 5.32 Å². The summed E-state index contributed by atoms with van der Waals surface area (Å²) in [4.78, 5) is 46.3. The molecule has 5 atom stereocenters. The fraction of sp³-hybridized carbons (Fsp3) is 0.545. The van der Waals surface area contributed by atoms with Crippen LogP contribution >= 0.6 is 41.6 Å². The van der Waals surface area contributed by atoms with E-state index >= 15 is 0 Å². The second-order valence-electron chi connectivity index (χ2n) is 15.8. The van der Waals surface area contributed by atoms with Crippen LogP contribution in [0.25, 0.3) is 10.1 Å². The molecule has 16 heteroatoms. The predicted octanol–water partition coefficient (Wildman–Crippen LogP) is 8.33. The summed E-state index contributed by atoms with van der Waals surface area (Å²) in [7, 11) is -3.62. The maximum Gasteiger partial charge on any atom is 0.335 e. The van der Waals surface area contributed by atoms with Crippen LogP contribution in [0.1, 0.15) is 105 Å². The number of carbonyl (C=O) groups excluding carboxylic acids is 3. The molecular weight excluding hydrogens is 840 g/mol. The smallest absolute Gasteiger partial charge is 0.335 e. The number of fused-ring (bicyclic) bond motifs is 2. The molecule has 3 amide bonds. The van der Waals surface area contributed by atoms with E-state index in [2.05, 4.69) is 11.4 Å². The zero-order valence-corrected chi connectivity index (χ0v) is 38.0. The second kappa shape index (κ2) is 22.2. The molecule has 3 aliphatic heterocycles. The van der Waals surface area contributed by atoms with Crippen molar-refractivity contribution in [2.75, 3.05) is 37.8 Å². The van der Waals surface area contributed by atoms with Crippen LogP contribution in [0.4, 0.5) is 0 Å². The van der Waals surface area contributed by atoms with E-state index < -0.39 is 19.7 Å². The van der Waals surface area contributed by atoms with Crippen molar-refractivity contribution in [1.82, 2.24) is 15.1 Å². The van der Waals surface area contributed by atoms with Gasteiger partial charge in [0.25, 0.3) is 5.91 Å². The summed E-state index contributed by atoms with van der Waals surface area (Å²) in [5.74, 6) is -0.180. The van der Waals surface area contributed by atoms with Gasteiger partial charge in [-0.3, -0.25) is 18.9 Å². The number of nitriles is 1. The van der Waals surface area contributed by atoms with Gasteiger partial charge in [-0.25, -0.2) is 0 Å². The molecule has 2 aromatic carbocycles. The minimum absolute atomic E-state index is 0.0123. The number of carbonyl (C=O) groups is 3.